The summed E-state index contributed by atoms with van der Waals surface area (Å²) in [5.41, 5.74) is 0. The molecule has 0 aromatic carbocycles. The van der Waals surface area contributed by atoms with Crippen LogP contribution in [0.25, 0.3) is 0 Å². The molecule has 0 aliphatic carbocycles. The van der Waals surface area contributed by atoms with Crippen molar-refractivity contribution in [2.75, 3.05) is 11.1 Å². The van der Waals surface area contributed by atoms with Crippen LogP contribution in [0.2, 0.25) is 0 Å². The van der Waals surface area contributed by atoms with Gasteiger partial charge in [0.2, 0.25) is 5.13 Å². The van der Waals surface area contributed by atoms with Crippen LogP contribution in [0.5, 0.6) is 0 Å². The first-order chi connectivity index (χ1) is 8.06. The van der Waals surface area contributed by atoms with Crippen molar-refractivity contribution < 1.29 is 0 Å². The average molecular weight is 289 g/mol. The van der Waals surface area contributed by atoms with Crippen molar-refractivity contribution in [1.82, 2.24) is 9.36 Å². The Morgan fingerprint density at radius 2 is 2.06 bits per heavy atom. The fraction of sp³-hybridized carbons (Fsp3) is 0.818. The van der Waals surface area contributed by atoms with Gasteiger partial charge in [0, 0.05) is 33.8 Å². The standard InChI is InChI=1S/C11H19N3S3/c1-6(2)12-11-13-10(14-17-11)9-5-15-7(3)8(4)16-9/h6-9H,5H2,1-4H3,(H,12,13,14). The molecule has 2 rings (SSSR count). The van der Waals surface area contributed by atoms with E-state index in [0.29, 0.717) is 16.5 Å². The minimum atomic E-state index is 0.420. The van der Waals surface area contributed by atoms with Crippen molar-refractivity contribution in [3.8, 4) is 0 Å². The molecule has 1 N–H and O–H groups in total. The minimum absolute atomic E-state index is 0.420. The Morgan fingerprint density at radius 1 is 1.29 bits per heavy atom. The van der Waals surface area contributed by atoms with Gasteiger partial charge in [-0.05, 0) is 13.8 Å². The maximum atomic E-state index is 4.60. The normalized spacial score (nSPS) is 29.6. The summed E-state index contributed by atoms with van der Waals surface area (Å²) in [6.07, 6.45) is 0. The van der Waals surface area contributed by atoms with Gasteiger partial charge in [-0.3, -0.25) is 0 Å². The van der Waals surface area contributed by atoms with Crippen molar-refractivity contribution in [3.05, 3.63) is 5.82 Å². The first-order valence-corrected chi connectivity index (χ1v) is 8.70. The summed E-state index contributed by atoms with van der Waals surface area (Å²) in [4.78, 5) is 4.60. The molecule has 3 unspecified atom stereocenters. The van der Waals surface area contributed by atoms with E-state index in [9.17, 15) is 0 Å². The van der Waals surface area contributed by atoms with Crippen molar-refractivity contribution >= 4 is 40.2 Å². The molecule has 1 saturated heterocycles. The number of thioether (sulfide) groups is 2. The highest BCUT2D eigenvalue weighted by Gasteiger charge is 2.29. The molecule has 3 nitrogen and oxygen atoms in total. The molecule has 2 heterocycles. The quantitative estimate of drug-likeness (QED) is 0.919. The third kappa shape index (κ3) is 3.51. The third-order valence-corrected chi connectivity index (χ3v) is 6.74. The maximum absolute atomic E-state index is 4.60. The van der Waals surface area contributed by atoms with E-state index in [4.69, 9.17) is 0 Å². The molecular weight excluding hydrogens is 270 g/mol. The topological polar surface area (TPSA) is 37.8 Å². The largest absolute Gasteiger partial charge is 0.358 e. The highest BCUT2D eigenvalue weighted by atomic mass is 32.2. The van der Waals surface area contributed by atoms with Crippen LogP contribution in [0.3, 0.4) is 0 Å². The Labute approximate surface area is 116 Å². The van der Waals surface area contributed by atoms with Gasteiger partial charge in [0.25, 0.3) is 0 Å². The predicted molar refractivity (Wildman–Crippen MR) is 80.4 cm³/mol. The molecule has 6 heteroatoms. The summed E-state index contributed by atoms with van der Waals surface area (Å²) < 4.78 is 4.49. The van der Waals surface area contributed by atoms with Gasteiger partial charge in [-0.25, -0.2) is 4.98 Å². The van der Waals surface area contributed by atoms with Crippen molar-refractivity contribution in [2.45, 2.75) is 49.5 Å². The zero-order valence-corrected chi connectivity index (χ0v) is 13.1. The Balaban J connectivity index is 2.00. The van der Waals surface area contributed by atoms with Crippen LogP contribution in [-0.4, -0.2) is 31.7 Å². The second-order valence-corrected chi connectivity index (χ2v) is 8.37. The molecule has 1 aliphatic heterocycles. The Hall–Kier alpha value is 0.0600. The lowest BCUT2D eigenvalue weighted by atomic mass is 10.3. The minimum Gasteiger partial charge on any atom is -0.358 e. The predicted octanol–water partition coefficient (Wildman–Crippen LogP) is 3.66. The van der Waals surface area contributed by atoms with Gasteiger partial charge in [0.1, 0.15) is 0 Å². The number of anilines is 1. The number of nitrogens with one attached hydrogen (secondary N) is 1. The molecule has 0 amide bonds. The van der Waals surface area contributed by atoms with E-state index < -0.39 is 0 Å². The SMILES string of the molecule is CC(C)Nc1nc(C2CSC(C)C(C)S2)ns1. The molecule has 0 bridgehead atoms. The molecule has 1 aromatic rings. The van der Waals surface area contributed by atoms with Crippen LogP contribution in [-0.2, 0) is 0 Å². The molecule has 17 heavy (non-hydrogen) atoms. The summed E-state index contributed by atoms with van der Waals surface area (Å²) in [6.45, 7) is 8.85. The van der Waals surface area contributed by atoms with Gasteiger partial charge >= 0.3 is 0 Å². The van der Waals surface area contributed by atoms with Gasteiger partial charge < -0.3 is 5.32 Å². The lowest BCUT2D eigenvalue weighted by molar-refractivity contribution is 0.866. The number of nitrogens with zero attached hydrogens (tertiary/aromatic N) is 2. The number of hydrogen-bond donors (Lipinski definition) is 1. The molecule has 1 aromatic heterocycles. The van der Waals surface area contributed by atoms with Crippen LogP contribution >= 0.6 is 35.1 Å². The Morgan fingerprint density at radius 3 is 2.71 bits per heavy atom. The van der Waals surface area contributed by atoms with Crippen LogP contribution < -0.4 is 5.32 Å². The van der Waals surface area contributed by atoms with Gasteiger partial charge in [-0.1, -0.05) is 13.8 Å². The van der Waals surface area contributed by atoms with Crippen LogP contribution in [0.4, 0.5) is 5.13 Å². The van der Waals surface area contributed by atoms with Gasteiger partial charge in [0.15, 0.2) is 5.82 Å². The zero-order chi connectivity index (χ0) is 12.4. The third-order valence-electron chi connectivity index (χ3n) is 2.69. The molecule has 0 spiro atoms. The van der Waals surface area contributed by atoms with Gasteiger partial charge in [-0.15, -0.1) is 11.8 Å². The van der Waals surface area contributed by atoms with E-state index in [-0.39, 0.29) is 0 Å². The summed E-state index contributed by atoms with van der Waals surface area (Å²) in [5, 5.41) is 6.15. The zero-order valence-electron chi connectivity index (χ0n) is 10.6. The first-order valence-electron chi connectivity index (χ1n) is 5.93. The van der Waals surface area contributed by atoms with E-state index >= 15 is 0 Å². The van der Waals surface area contributed by atoms with Gasteiger partial charge in [0.05, 0.1) is 5.25 Å². The van der Waals surface area contributed by atoms with Crippen molar-refractivity contribution in [1.29, 1.82) is 0 Å². The molecule has 96 valence electrons. The molecular formula is C11H19N3S3. The van der Waals surface area contributed by atoms with Crippen molar-refractivity contribution in [2.24, 2.45) is 0 Å². The fourth-order valence-corrected chi connectivity index (χ4v) is 5.27. The van der Waals surface area contributed by atoms with E-state index in [1.54, 1.807) is 0 Å². The van der Waals surface area contributed by atoms with E-state index in [1.807, 2.05) is 23.5 Å². The molecule has 1 fully saturated rings. The van der Waals surface area contributed by atoms with Crippen LogP contribution in [0.1, 0.15) is 38.8 Å². The second-order valence-electron chi connectivity index (χ2n) is 4.63. The van der Waals surface area contributed by atoms with Crippen LogP contribution in [0, 0.1) is 0 Å². The Bertz CT molecular complexity index is 367. The molecule has 0 saturated carbocycles. The van der Waals surface area contributed by atoms with E-state index in [0.717, 1.165) is 22.0 Å². The number of rotatable bonds is 3. The van der Waals surface area contributed by atoms with Crippen LogP contribution in [0.15, 0.2) is 0 Å². The molecule has 3 atom stereocenters. The lowest BCUT2D eigenvalue weighted by Gasteiger charge is -2.29. The Kier molecular flexibility index (Phi) is 4.60. The highest BCUT2D eigenvalue weighted by molar-refractivity contribution is 8.07. The molecule has 0 radical (unpaired) electrons. The number of hydrogen-bond acceptors (Lipinski definition) is 6. The summed E-state index contributed by atoms with van der Waals surface area (Å²) in [5.74, 6) is 2.14. The first kappa shape index (κ1) is 13.5. The number of aromatic nitrogens is 2. The van der Waals surface area contributed by atoms with E-state index in [1.165, 1.54) is 11.5 Å². The summed E-state index contributed by atoms with van der Waals surface area (Å²) in [6, 6.07) is 0.420. The maximum Gasteiger partial charge on any atom is 0.202 e. The summed E-state index contributed by atoms with van der Waals surface area (Å²) >= 11 is 5.53. The second kappa shape index (κ2) is 5.80. The lowest BCUT2D eigenvalue weighted by Crippen LogP contribution is -2.22. The van der Waals surface area contributed by atoms with Crippen molar-refractivity contribution in [3.63, 3.8) is 0 Å². The molecule has 1 aliphatic rings. The average Bonchev–Trinajstić information content (AvgIpc) is 2.69. The van der Waals surface area contributed by atoms with Gasteiger partial charge in [-0.2, -0.15) is 16.1 Å². The summed E-state index contributed by atoms with van der Waals surface area (Å²) in [7, 11) is 0. The monoisotopic (exact) mass is 289 g/mol. The highest BCUT2D eigenvalue weighted by Crippen LogP contribution is 2.43. The van der Waals surface area contributed by atoms with E-state index in [2.05, 4.69) is 42.4 Å². The fourth-order valence-electron chi connectivity index (χ4n) is 1.59. The smallest absolute Gasteiger partial charge is 0.202 e.